The van der Waals surface area contributed by atoms with Crippen LogP contribution in [0.5, 0.6) is 0 Å². The molecule has 2 rings (SSSR count). The summed E-state index contributed by atoms with van der Waals surface area (Å²) in [6, 6.07) is 0. The third kappa shape index (κ3) is 1.22. The van der Waals surface area contributed by atoms with E-state index in [1.54, 1.807) is 0 Å². The van der Waals surface area contributed by atoms with E-state index in [9.17, 15) is 4.79 Å². The van der Waals surface area contributed by atoms with E-state index < -0.39 is 5.60 Å². The summed E-state index contributed by atoms with van der Waals surface area (Å²) >= 11 is 0. The standard InChI is InChI=1S/C9H15NO2/c11-8-9(5-3-6-10-8)4-1-2-7-12-9/h1-7H2,(H,10,11). The van der Waals surface area contributed by atoms with Gasteiger partial charge in [0, 0.05) is 13.2 Å². The lowest BCUT2D eigenvalue weighted by atomic mass is 9.86. The van der Waals surface area contributed by atoms with Crippen LogP contribution in [0.2, 0.25) is 0 Å². The predicted molar refractivity (Wildman–Crippen MR) is 44.8 cm³/mol. The minimum Gasteiger partial charge on any atom is -0.365 e. The number of carbonyl (C=O) groups excluding carboxylic acids is 1. The highest BCUT2D eigenvalue weighted by atomic mass is 16.5. The summed E-state index contributed by atoms with van der Waals surface area (Å²) in [6.45, 7) is 1.58. The zero-order valence-electron chi connectivity index (χ0n) is 7.27. The van der Waals surface area contributed by atoms with Crippen molar-refractivity contribution in [2.75, 3.05) is 13.2 Å². The van der Waals surface area contributed by atoms with Crippen molar-refractivity contribution in [1.29, 1.82) is 0 Å². The van der Waals surface area contributed by atoms with Crippen LogP contribution >= 0.6 is 0 Å². The monoisotopic (exact) mass is 169 g/mol. The largest absolute Gasteiger partial charge is 0.365 e. The highest BCUT2D eigenvalue weighted by Gasteiger charge is 2.42. The van der Waals surface area contributed by atoms with Crippen LogP contribution in [0.15, 0.2) is 0 Å². The topological polar surface area (TPSA) is 38.3 Å². The first-order chi connectivity index (χ1) is 5.83. The van der Waals surface area contributed by atoms with E-state index in [2.05, 4.69) is 5.32 Å². The smallest absolute Gasteiger partial charge is 0.252 e. The maximum absolute atomic E-state index is 11.5. The van der Waals surface area contributed by atoms with Crippen molar-refractivity contribution < 1.29 is 9.53 Å². The van der Waals surface area contributed by atoms with Gasteiger partial charge in [-0.1, -0.05) is 0 Å². The van der Waals surface area contributed by atoms with Gasteiger partial charge in [-0.3, -0.25) is 4.79 Å². The molecule has 2 heterocycles. The minimum absolute atomic E-state index is 0.119. The molecule has 0 aliphatic carbocycles. The van der Waals surface area contributed by atoms with Gasteiger partial charge in [0.2, 0.25) is 0 Å². The van der Waals surface area contributed by atoms with Crippen LogP contribution in [0, 0.1) is 0 Å². The Bertz CT molecular complexity index is 177. The Hall–Kier alpha value is -0.570. The number of rotatable bonds is 0. The number of hydrogen-bond acceptors (Lipinski definition) is 2. The SMILES string of the molecule is O=C1NCCCC12CCCCO2. The number of nitrogens with one attached hydrogen (secondary N) is 1. The van der Waals surface area contributed by atoms with Crippen molar-refractivity contribution in [3.63, 3.8) is 0 Å². The molecule has 2 fully saturated rings. The van der Waals surface area contributed by atoms with E-state index >= 15 is 0 Å². The minimum atomic E-state index is -0.434. The summed E-state index contributed by atoms with van der Waals surface area (Å²) in [4.78, 5) is 11.5. The number of piperidine rings is 1. The third-order valence-electron chi connectivity index (χ3n) is 2.81. The summed E-state index contributed by atoms with van der Waals surface area (Å²) in [6.07, 6.45) is 5.13. The Labute approximate surface area is 72.5 Å². The van der Waals surface area contributed by atoms with Crippen LogP contribution in [-0.4, -0.2) is 24.7 Å². The quantitative estimate of drug-likeness (QED) is 0.583. The Morgan fingerprint density at radius 2 is 2.08 bits per heavy atom. The number of carbonyl (C=O) groups is 1. The molecule has 0 aromatic carbocycles. The molecule has 2 saturated heterocycles. The average molecular weight is 169 g/mol. The molecule has 0 aromatic heterocycles. The fraction of sp³-hybridized carbons (Fsp3) is 0.889. The van der Waals surface area contributed by atoms with Crippen molar-refractivity contribution >= 4 is 5.91 Å². The van der Waals surface area contributed by atoms with Gasteiger partial charge < -0.3 is 10.1 Å². The lowest BCUT2D eigenvalue weighted by Crippen LogP contribution is -2.54. The number of ether oxygens (including phenoxy) is 1. The Kier molecular flexibility index (Phi) is 2.05. The molecule has 1 amide bonds. The fourth-order valence-electron chi connectivity index (χ4n) is 2.08. The van der Waals surface area contributed by atoms with Gasteiger partial charge in [0.1, 0.15) is 5.60 Å². The van der Waals surface area contributed by atoms with Crippen LogP contribution in [-0.2, 0) is 9.53 Å². The summed E-state index contributed by atoms with van der Waals surface area (Å²) < 4.78 is 5.61. The van der Waals surface area contributed by atoms with E-state index in [-0.39, 0.29) is 5.91 Å². The van der Waals surface area contributed by atoms with Crippen molar-refractivity contribution in [2.24, 2.45) is 0 Å². The second kappa shape index (κ2) is 3.05. The zero-order chi connectivity index (χ0) is 8.44. The molecular formula is C9H15NO2. The molecule has 0 radical (unpaired) electrons. The molecule has 0 saturated carbocycles. The zero-order valence-corrected chi connectivity index (χ0v) is 7.27. The first-order valence-electron chi connectivity index (χ1n) is 4.76. The van der Waals surface area contributed by atoms with Crippen LogP contribution in [0.1, 0.15) is 32.1 Å². The van der Waals surface area contributed by atoms with E-state index in [1.165, 1.54) is 0 Å². The lowest BCUT2D eigenvalue weighted by molar-refractivity contribution is -0.158. The van der Waals surface area contributed by atoms with Crippen LogP contribution < -0.4 is 5.32 Å². The molecule has 1 spiro atoms. The van der Waals surface area contributed by atoms with Gasteiger partial charge in [-0.15, -0.1) is 0 Å². The molecule has 2 aliphatic heterocycles. The predicted octanol–water partition coefficient (Wildman–Crippen LogP) is 0.836. The molecule has 1 N–H and O–H groups in total. The third-order valence-corrected chi connectivity index (χ3v) is 2.81. The molecule has 1 unspecified atom stereocenters. The summed E-state index contributed by atoms with van der Waals surface area (Å²) in [7, 11) is 0. The first kappa shape index (κ1) is 8.05. The van der Waals surface area contributed by atoms with Crippen LogP contribution in [0.4, 0.5) is 0 Å². The molecular weight excluding hydrogens is 154 g/mol. The van der Waals surface area contributed by atoms with Gasteiger partial charge in [-0.05, 0) is 32.1 Å². The maximum atomic E-state index is 11.5. The fourth-order valence-corrected chi connectivity index (χ4v) is 2.08. The first-order valence-corrected chi connectivity index (χ1v) is 4.76. The second-order valence-corrected chi connectivity index (χ2v) is 3.66. The Balaban J connectivity index is 2.09. The van der Waals surface area contributed by atoms with Crippen molar-refractivity contribution in [3.8, 4) is 0 Å². The molecule has 0 aromatic rings. The van der Waals surface area contributed by atoms with Crippen LogP contribution in [0.25, 0.3) is 0 Å². The summed E-state index contributed by atoms with van der Waals surface area (Å²) in [5.74, 6) is 0.119. The van der Waals surface area contributed by atoms with Crippen molar-refractivity contribution in [1.82, 2.24) is 5.32 Å². The molecule has 3 nitrogen and oxygen atoms in total. The molecule has 0 bridgehead atoms. The maximum Gasteiger partial charge on any atom is 0.252 e. The van der Waals surface area contributed by atoms with Gasteiger partial charge in [-0.2, -0.15) is 0 Å². The lowest BCUT2D eigenvalue weighted by Gasteiger charge is -2.38. The Morgan fingerprint density at radius 3 is 2.75 bits per heavy atom. The normalized spacial score (nSPS) is 36.5. The van der Waals surface area contributed by atoms with E-state index in [0.717, 1.165) is 45.3 Å². The Morgan fingerprint density at radius 1 is 1.25 bits per heavy atom. The van der Waals surface area contributed by atoms with Crippen molar-refractivity contribution in [3.05, 3.63) is 0 Å². The van der Waals surface area contributed by atoms with Gasteiger partial charge in [-0.25, -0.2) is 0 Å². The van der Waals surface area contributed by atoms with E-state index in [1.807, 2.05) is 0 Å². The molecule has 2 aliphatic rings. The average Bonchev–Trinajstić information content (AvgIpc) is 2.12. The van der Waals surface area contributed by atoms with Crippen LogP contribution in [0.3, 0.4) is 0 Å². The van der Waals surface area contributed by atoms with Crippen molar-refractivity contribution in [2.45, 2.75) is 37.7 Å². The molecule has 1 atom stereocenters. The van der Waals surface area contributed by atoms with Gasteiger partial charge >= 0.3 is 0 Å². The molecule has 68 valence electrons. The number of hydrogen-bond donors (Lipinski definition) is 1. The van der Waals surface area contributed by atoms with Gasteiger partial charge in [0.25, 0.3) is 5.91 Å². The highest BCUT2D eigenvalue weighted by molar-refractivity contribution is 5.85. The van der Waals surface area contributed by atoms with E-state index in [0.29, 0.717) is 0 Å². The summed E-state index contributed by atoms with van der Waals surface area (Å²) in [5, 5.41) is 2.88. The number of amides is 1. The van der Waals surface area contributed by atoms with E-state index in [4.69, 9.17) is 4.74 Å². The highest BCUT2D eigenvalue weighted by Crippen LogP contribution is 2.31. The summed E-state index contributed by atoms with van der Waals surface area (Å²) in [5.41, 5.74) is -0.434. The molecule has 3 heteroatoms. The molecule has 12 heavy (non-hydrogen) atoms. The second-order valence-electron chi connectivity index (χ2n) is 3.66. The van der Waals surface area contributed by atoms with Gasteiger partial charge in [0.05, 0.1) is 0 Å². The van der Waals surface area contributed by atoms with Gasteiger partial charge in [0.15, 0.2) is 0 Å².